The Hall–Kier alpha value is -1.58. The maximum absolute atomic E-state index is 11.4. The minimum atomic E-state index is -0.603. The fourth-order valence-corrected chi connectivity index (χ4v) is 1.14. The standard InChI is InChI=1S/C10H13NO3/c1-7(10(13)14-2)11-9(12)8-5-3-4-6-8/h3-5,7H,6H2,1-2H3,(H,11,12)/t7-/m0/s1. The van der Waals surface area contributed by atoms with E-state index in [0.29, 0.717) is 12.0 Å². The average molecular weight is 195 g/mol. The lowest BCUT2D eigenvalue weighted by atomic mass is 10.2. The molecule has 0 saturated heterocycles. The van der Waals surface area contributed by atoms with Crippen LogP contribution in [0.25, 0.3) is 0 Å². The molecule has 0 aromatic carbocycles. The zero-order valence-electron chi connectivity index (χ0n) is 8.24. The first-order valence-corrected chi connectivity index (χ1v) is 4.39. The van der Waals surface area contributed by atoms with Crippen LogP contribution in [0, 0.1) is 0 Å². The molecule has 1 aliphatic rings. The molecule has 14 heavy (non-hydrogen) atoms. The summed E-state index contributed by atoms with van der Waals surface area (Å²) in [7, 11) is 1.29. The molecule has 0 aromatic heterocycles. The second-order valence-electron chi connectivity index (χ2n) is 3.04. The topological polar surface area (TPSA) is 55.4 Å². The van der Waals surface area contributed by atoms with E-state index in [9.17, 15) is 9.59 Å². The second kappa shape index (κ2) is 4.60. The number of nitrogens with one attached hydrogen (secondary N) is 1. The van der Waals surface area contributed by atoms with Crippen molar-refractivity contribution >= 4 is 11.9 Å². The molecule has 1 atom stereocenters. The summed E-state index contributed by atoms with van der Waals surface area (Å²) >= 11 is 0. The zero-order chi connectivity index (χ0) is 10.6. The van der Waals surface area contributed by atoms with E-state index in [0.717, 1.165) is 0 Å². The van der Waals surface area contributed by atoms with Gasteiger partial charge < -0.3 is 10.1 Å². The molecule has 0 unspecified atom stereocenters. The SMILES string of the molecule is COC(=O)[C@H](C)NC(=O)C1=CC=CC1. The predicted molar refractivity (Wildman–Crippen MR) is 51.5 cm³/mol. The van der Waals surface area contributed by atoms with Crippen LogP contribution in [0.1, 0.15) is 13.3 Å². The molecule has 0 aliphatic heterocycles. The Kier molecular flexibility index (Phi) is 3.45. The number of rotatable bonds is 3. The molecule has 0 spiro atoms. The van der Waals surface area contributed by atoms with Gasteiger partial charge in [-0.05, 0) is 13.3 Å². The first-order valence-electron chi connectivity index (χ1n) is 4.39. The van der Waals surface area contributed by atoms with Crippen molar-refractivity contribution in [2.24, 2.45) is 0 Å². The highest BCUT2D eigenvalue weighted by Gasteiger charge is 2.18. The number of hydrogen-bond acceptors (Lipinski definition) is 3. The third kappa shape index (κ3) is 2.45. The van der Waals surface area contributed by atoms with E-state index >= 15 is 0 Å². The molecule has 0 radical (unpaired) electrons. The van der Waals surface area contributed by atoms with Gasteiger partial charge in [-0.25, -0.2) is 4.79 Å². The molecule has 1 aliphatic carbocycles. The third-order valence-corrected chi connectivity index (χ3v) is 1.97. The van der Waals surface area contributed by atoms with Crippen LogP contribution < -0.4 is 5.32 Å². The van der Waals surface area contributed by atoms with Crippen LogP contribution in [0.3, 0.4) is 0 Å². The summed E-state index contributed by atoms with van der Waals surface area (Å²) in [6, 6.07) is -0.603. The van der Waals surface area contributed by atoms with Crippen molar-refractivity contribution in [3.05, 3.63) is 23.8 Å². The number of esters is 1. The third-order valence-electron chi connectivity index (χ3n) is 1.97. The maximum atomic E-state index is 11.4. The van der Waals surface area contributed by atoms with E-state index in [2.05, 4.69) is 10.1 Å². The predicted octanol–water partition coefficient (Wildman–Crippen LogP) is 0.550. The summed E-state index contributed by atoms with van der Waals surface area (Å²) in [5.74, 6) is -0.655. The highest BCUT2D eigenvalue weighted by atomic mass is 16.5. The van der Waals surface area contributed by atoms with Gasteiger partial charge in [-0.15, -0.1) is 0 Å². The van der Waals surface area contributed by atoms with Crippen molar-refractivity contribution in [2.75, 3.05) is 7.11 Å². The molecule has 0 bridgehead atoms. The van der Waals surface area contributed by atoms with Crippen LogP contribution in [-0.4, -0.2) is 25.0 Å². The number of carbonyl (C=O) groups is 2. The van der Waals surface area contributed by atoms with Crippen molar-refractivity contribution in [1.82, 2.24) is 5.32 Å². The van der Waals surface area contributed by atoms with Gasteiger partial charge in [0, 0.05) is 5.57 Å². The largest absolute Gasteiger partial charge is 0.467 e. The highest BCUT2D eigenvalue weighted by Crippen LogP contribution is 2.10. The number of ether oxygens (including phenoxy) is 1. The smallest absolute Gasteiger partial charge is 0.328 e. The Morgan fingerprint density at radius 1 is 1.57 bits per heavy atom. The van der Waals surface area contributed by atoms with Crippen molar-refractivity contribution < 1.29 is 14.3 Å². The molecule has 76 valence electrons. The second-order valence-corrected chi connectivity index (χ2v) is 3.04. The molecule has 4 heteroatoms. The number of carbonyl (C=O) groups excluding carboxylic acids is 2. The van der Waals surface area contributed by atoms with Crippen molar-refractivity contribution in [1.29, 1.82) is 0 Å². The fraction of sp³-hybridized carbons (Fsp3) is 0.400. The van der Waals surface area contributed by atoms with Gasteiger partial charge in [0.1, 0.15) is 6.04 Å². The first kappa shape index (κ1) is 10.5. The molecule has 1 N–H and O–H groups in total. The number of allylic oxidation sites excluding steroid dienone is 3. The Morgan fingerprint density at radius 3 is 2.79 bits per heavy atom. The molecule has 0 heterocycles. The van der Waals surface area contributed by atoms with Crippen LogP contribution >= 0.6 is 0 Å². The summed E-state index contributed by atoms with van der Waals surface area (Å²) in [6.07, 6.45) is 6.06. The molecule has 0 fully saturated rings. The van der Waals surface area contributed by atoms with Crippen LogP contribution in [0.15, 0.2) is 23.8 Å². The number of methoxy groups -OCH3 is 1. The van der Waals surface area contributed by atoms with Gasteiger partial charge in [0.25, 0.3) is 0 Å². The van der Waals surface area contributed by atoms with Crippen LogP contribution in [0.4, 0.5) is 0 Å². The molecule has 0 saturated carbocycles. The van der Waals surface area contributed by atoms with E-state index in [1.54, 1.807) is 13.0 Å². The first-order chi connectivity index (χ1) is 6.65. The molecular formula is C10H13NO3. The van der Waals surface area contributed by atoms with Crippen molar-refractivity contribution in [2.45, 2.75) is 19.4 Å². The zero-order valence-corrected chi connectivity index (χ0v) is 8.24. The minimum absolute atomic E-state index is 0.215. The lowest BCUT2D eigenvalue weighted by molar-refractivity contribution is -0.144. The van der Waals surface area contributed by atoms with Crippen molar-refractivity contribution in [3.8, 4) is 0 Å². The lowest BCUT2D eigenvalue weighted by Crippen LogP contribution is -2.39. The van der Waals surface area contributed by atoms with Crippen LogP contribution in [0.5, 0.6) is 0 Å². The summed E-state index contributed by atoms with van der Waals surface area (Å²) in [5, 5.41) is 2.55. The normalized spacial score (nSPS) is 16.0. The average Bonchev–Trinajstić information content (AvgIpc) is 2.69. The molecule has 4 nitrogen and oxygen atoms in total. The van der Waals surface area contributed by atoms with Gasteiger partial charge >= 0.3 is 5.97 Å². The Bertz CT molecular complexity index is 304. The van der Waals surface area contributed by atoms with E-state index in [4.69, 9.17) is 0 Å². The number of amides is 1. The lowest BCUT2D eigenvalue weighted by Gasteiger charge is -2.11. The van der Waals surface area contributed by atoms with Crippen molar-refractivity contribution in [3.63, 3.8) is 0 Å². The summed E-state index contributed by atoms with van der Waals surface area (Å²) < 4.78 is 4.49. The molecule has 1 amide bonds. The van der Waals surface area contributed by atoms with Gasteiger partial charge in [-0.2, -0.15) is 0 Å². The summed E-state index contributed by atoms with van der Waals surface area (Å²) in [4.78, 5) is 22.4. The van der Waals surface area contributed by atoms with Gasteiger partial charge in [-0.3, -0.25) is 4.79 Å². The quantitative estimate of drug-likeness (QED) is 0.669. The van der Waals surface area contributed by atoms with E-state index in [-0.39, 0.29) is 5.91 Å². The Balaban J connectivity index is 2.44. The van der Waals surface area contributed by atoms with Gasteiger partial charge in [0.15, 0.2) is 0 Å². The minimum Gasteiger partial charge on any atom is -0.467 e. The monoisotopic (exact) mass is 195 g/mol. The number of hydrogen-bond donors (Lipinski definition) is 1. The summed E-state index contributed by atoms with van der Waals surface area (Å²) in [6.45, 7) is 1.59. The summed E-state index contributed by atoms with van der Waals surface area (Å²) in [5.41, 5.74) is 0.667. The van der Waals surface area contributed by atoms with Gasteiger partial charge in [0.2, 0.25) is 5.91 Å². The van der Waals surface area contributed by atoms with Gasteiger partial charge in [-0.1, -0.05) is 18.2 Å². The van der Waals surface area contributed by atoms with Crippen LogP contribution in [-0.2, 0) is 14.3 Å². The van der Waals surface area contributed by atoms with Crippen LogP contribution in [0.2, 0.25) is 0 Å². The maximum Gasteiger partial charge on any atom is 0.328 e. The Morgan fingerprint density at radius 2 is 2.29 bits per heavy atom. The highest BCUT2D eigenvalue weighted by molar-refractivity contribution is 5.97. The van der Waals surface area contributed by atoms with Gasteiger partial charge in [0.05, 0.1) is 7.11 Å². The Labute approximate surface area is 82.6 Å². The molecular weight excluding hydrogens is 182 g/mol. The fourth-order valence-electron chi connectivity index (χ4n) is 1.14. The van der Waals surface area contributed by atoms with E-state index in [1.807, 2.05) is 12.2 Å². The van der Waals surface area contributed by atoms with E-state index < -0.39 is 12.0 Å². The van der Waals surface area contributed by atoms with E-state index in [1.165, 1.54) is 7.11 Å². The molecule has 1 rings (SSSR count). The molecule has 0 aromatic rings.